The van der Waals surface area contributed by atoms with Crippen LogP contribution in [-0.4, -0.2) is 73.0 Å². The van der Waals surface area contributed by atoms with Crippen LogP contribution in [0.1, 0.15) is 32.6 Å². The first-order chi connectivity index (χ1) is 8.79. The molecule has 0 bridgehead atoms. The van der Waals surface area contributed by atoms with Crippen molar-refractivity contribution in [1.82, 2.24) is 9.80 Å². The molecule has 1 atom stereocenters. The molecular formula is C14H28N2O2. The topological polar surface area (TPSA) is 35.9 Å². The van der Waals surface area contributed by atoms with Crippen molar-refractivity contribution < 1.29 is 9.84 Å². The lowest BCUT2D eigenvalue weighted by atomic mass is 10.1. The Bertz CT molecular complexity index is 224. The first kappa shape index (κ1) is 14.3. The number of nitrogens with zero attached hydrogens (tertiary/aromatic N) is 2. The molecule has 106 valence electrons. The van der Waals surface area contributed by atoms with E-state index in [1.165, 1.54) is 38.8 Å². The van der Waals surface area contributed by atoms with Gasteiger partial charge in [-0.25, -0.2) is 0 Å². The molecule has 0 aromatic carbocycles. The maximum atomic E-state index is 9.83. The number of hydrogen-bond acceptors (Lipinski definition) is 4. The molecule has 1 saturated carbocycles. The fourth-order valence-electron chi connectivity index (χ4n) is 3.19. The van der Waals surface area contributed by atoms with Crippen molar-refractivity contribution in [2.24, 2.45) is 0 Å². The quantitative estimate of drug-likeness (QED) is 0.767. The van der Waals surface area contributed by atoms with E-state index >= 15 is 0 Å². The van der Waals surface area contributed by atoms with Gasteiger partial charge in [-0.1, -0.05) is 12.8 Å². The van der Waals surface area contributed by atoms with E-state index in [1.807, 2.05) is 6.92 Å². The fourth-order valence-corrected chi connectivity index (χ4v) is 3.19. The minimum absolute atomic E-state index is 0.331. The highest BCUT2D eigenvalue weighted by Gasteiger charge is 2.26. The first-order valence-electron chi connectivity index (χ1n) is 7.51. The number of ether oxygens (including phenoxy) is 1. The van der Waals surface area contributed by atoms with Crippen LogP contribution in [0.4, 0.5) is 0 Å². The van der Waals surface area contributed by atoms with Gasteiger partial charge in [-0.05, 0) is 19.8 Å². The SMILES string of the molecule is CCOCC(O)CN1CCN(C2CCCC2)CC1. The molecular weight excluding hydrogens is 228 g/mol. The summed E-state index contributed by atoms with van der Waals surface area (Å²) in [6.07, 6.45) is 5.29. The average Bonchev–Trinajstić information content (AvgIpc) is 2.91. The first-order valence-corrected chi connectivity index (χ1v) is 7.51. The second kappa shape index (κ2) is 7.43. The van der Waals surface area contributed by atoms with Gasteiger partial charge in [0.1, 0.15) is 0 Å². The number of aliphatic hydroxyl groups is 1. The van der Waals surface area contributed by atoms with Gasteiger partial charge in [-0.2, -0.15) is 0 Å². The normalized spacial score (nSPS) is 25.7. The molecule has 18 heavy (non-hydrogen) atoms. The number of rotatable bonds is 6. The Morgan fingerprint density at radius 3 is 2.44 bits per heavy atom. The lowest BCUT2D eigenvalue weighted by molar-refractivity contribution is 0.00684. The molecule has 1 heterocycles. The molecule has 1 unspecified atom stereocenters. The number of piperazine rings is 1. The van der Waals surface area contributed by atoms with Crippen LogP contribution in [-0.2, 0) is 4.74 Å². The minimum Gasteiger partial charge on any atom is -0.389 e. The molecule has 1 N–H and O–H groups in total. The zero-order valence-corrected chi connectivity index (χ0v) is 11.7. The Balaban J connectivity index is 1.63. The average molecular weight is 256 g/mol. The van der Waals surface area contributed by atoms with Crippen molar-refractivity contribution in [1.29, 1.82) is 0 Å². The van der Waals surface area contributed by atoms with Gasteiger partial charge in [-0.15, -0.1) is 0 Å². The van der Waals surface area contributed by atoms with Crippen LogP contribution in [0.5, 0.6) is 0 Å². The third-order valence-corrected chi connectivity index (χ3v) is 4.23. The van der Waals surface area contributed by atoms with E-state index in [-0.39, 0.29) is 6.10 Å². The Morgan fingerprint density at radius 1 is 1.17 bits per heavy atom. The van der Waals surface area contributed by atoms with E-state index in [0.717, 1.165) is 25.7 Å². The highest BCUT2D eigenvalue weighted by Crippen LogP contribution is 2.24. The minimum atomic E-state index is -0.331. The van der Waals surface area contributed by atoms with Crippen molar-refractivity contribution in [3.63, 3.8) is 0 Å². The standard InChI is InChI=1S/C14H28N2O2/c1-2-18-12-14(17)11-15-7-9-16(10-8-15)13-5-3-4-6-13/h13-14,17H,2-12H2,1H3. The van der Waals surface area contributed by atoms with Gasteiger partial charge in [0, 0.05) is 45.4 Å². The third-order valence-electron chi connectivity index (χ3n) is 4.23. The van der Waals surface area contributed by atoms with E-state index in [1.54, 1.807) is 0 Å². The zero-order chi connectivity index (χ0) is 12.8. The molecule has 1 saturated heterocycles. The predicted octanol–water partition coefficient (Wildman–Crippen LogP) is 0.944. The second-order valence-corrected chi connectivity index (χ2v) is 5.59. The van der Waals surface area contributed by atoms with E-state index in [2.05, 4.69) is 9.80 Å². The van der Waals surface area contributed by atoms with Crippen molar-refractivity contribution in [3.05, 3.63) is 0 Å². The summed E-state index contributed by atoms with van der Waals surface area (Å²) in [5, 5.41) is 9.83. The summed E-state index contributed by atoms with van der Waals surface area (Å²) in [4.78, 5) is 5.02. The maximum absolute atomic E-state index is 9.83. The van der Waals surface area contributed by atoms with E-state index in [4.69, 9.17) is 4.74 Å². The molecule has 0 amide bonds. The van der Waals surface area contributed by atoms with Crippen molar-refractivity contribution in [3.8, 4) is 0 Å². The molecule has 1 aliphatic carbocycles. The summed E-state index contributed by atoms with van der Waals surface area (Å²) >= 11 is 0. The highest BCUT2D eigenvalue weighted by molar-refractivity contribution is 4.82. The van der Waals surface area contributed by atoms with Crippen molar-refractivity contribution >= 4 is 0 Å². The van der Waals surface area contributed by atoms with Crippen LogP contribution in [0.2, 0.25) is 0 Å². The summed E-state index contributed by atoms with van der Waals surface area (Å²) in [5.74, 6) is 0. The maximum Gasteiger partial charge on any atom is 0.0900 e. The lowest BCUT2D eigenvalue weighted by Crippen LogP contribution is -2.51. The summed E-state index contributed by atoms with van der Waals surface area (Å²) in [5.41, 5.74) is 0. The van der Waals surface area contributed by atoms with Gasteiger partial charge in [0.25, 0.3) is 0 Å². The van der Waals surface area contributed by atoms with E-state index in [9.17, 15) is 5.11 Å². The molecule has 0 radical (unpaired) electrons. The smallest absolute Gasteiger partial charge is 0.0900 e. The third kappa shape index (κ3) is 4.19. The Kier molecular flexibility index (Phi) is 5.89. The number of aliphatic hydroxyl groups excluding tert-OH is 1. The van der Waals surface area contributed by atoms with Crippen LogP contribution < -0.4 is 0 Å². The molecule has 0 aromatic rings. The molecule has 4 nitrogen and oxygen atoms in total. The van der Waals surface area contributed by atoms with Gasteiger partial charge < -0.3 is 9.84 Å². The van der Waals surface area contributed by atoms with Crippen LogP contribution in [0, 0.1) is 0 Å². The predicted molar refractivity (Wildman–Crippen MR) is 72.8 cm³/mol. The molecule has 2 aliphatic rings. The molecule has 0 aromatic heterocycles. The van der Waals surface area contributed by atoms with Crippen LogP contribution in [0.3, 0.4) is 0 Å². The van der Waals surface area contributed by atoms with Crippen LogP contribution in [0.25, 0.3) is 0 Å². The lowest BCUT2D eigenvalue weighted by Gasteiger charge is -2.38. The zero-order valence-electron chi connectivity index (χ0n) is 11.7. The Morgan fingerprint density at radius 2 is 1.83 bits per heavy atom. The van der Waals surface area contributed by atoms with Crippen LogP contribution >= 0.6 is 0 Å². The Labute approximate surface area is 111 Å². The molecule has 4 heteroatoms. The summed E-state index contributed by atoms with van der Waals surface area (Å²) < 4.78 is 5.25. The van der Waals surface area contributed by atoms with Gasteiger partial charge in [-0.3, -0.25) is 9.80 Å². The number of β-amino-alcohol motifs (C(OH)–C–C–N with tert-alkyl or cyclic N) is 1. The van der Waals surface area contributed by atoms with Crippen molar-refractivity contribution in [2.75, 3.05) is 45.9 Å². The fraction of sp³-hybridized carbons (Fsp3) is 1.00. The molecule has 0 spiro atoms. The molecule has 1 aliphatic heterocycles. The van der Waals surface area contributed by atoms with Gasteiger partial charge >= 0.3 is 0 Å². The summed E-state index contributed by atoms with van der Waals surface area (Å²) in [6, 6.07) is 0.848. The Hall–Kier alpha value is -0.160. The number of hydrogen-bond donors (Lipinski definition) is 1. The summed E-state index contributed by atoms with van der Waals surface area (Å²) in [6.45, 7) is 8.43. The monoisotopic (exact) mass is 256 g/mol. The summed E-state index contributed by atoms with van der Waals surface area (Å²) in [7, 11) is 0. The van der Waals surface area contributed by atoms with Gasteiger partial charge in [0.2, 0.25) is 0 Å². The van der Waals surface area contributed by atoms with Crippen LogP contribution in [0.15, 0.2) is 0 Å². The molecule has 2 fully saturated rings. The molecule has 2 rings (SSSR count). The second-order valence-electron chi connectivity index (χ2n) is 5.59. The highest BCUT2D eigenvalue weighted by atomic mass is 16.5. The largest absolute Gasteiger partial charge is 0.389 e. The van der Waals surface area contributed by atoms with E-state index < -0.39 is 0 Å². The van der Waals surface area contributed by atoms with Crippen molar-refractivity contribution in [2.45, 2.75) is 44.8 Å². The van der Waals surface area contributed by atoms with Gasteiger partial charge in [0.15, 0.2) is 0 Å². The van der Waals surface area contributed by atoms with Gasteiger partial charge in [0.05, 0.1) is 12.7 Å². The van der Waals surface area contributed by atoms with E-state index in [0.29, 0.717) is 13.2 Å².